The molecule has 0 radical (unpaired) electrons. The summed E-state index contributed by atoms with van der Waals surface area (Å²) in [5, 5.41) is 33.6. The lowest BCUT2D eigenvalue weighted by Crippen LogP contribution is -2.47. The number of nitrogens with one attached hydrogen (secondary N) is 1. The minimum atomic E-state index is -1.61. The number of amides is 1. The van der Waals surface area contributed by atoms with Gasteiger partial charge in [-0.15, -0.1) is 5.10 Å². The fourth-order valence-corrected chi connectivity index (χ4v) is 3.22. The van der Waals surface area contributed by atoms with E-state index in [-0.39, 0.29) is 12.3 Å². The average molecular weight is 370 g/mol. The van der Waals surface area contributed by atoms with Gasteiger partial charge in [-0.05, 0) is 40.9 Å². The molecule has 1 amide bonds. The van der Waals surface area contributed by atoms with Gasteiger partial charge in [0, 0.05) is 12.8 Å². The number of hydrogen-bond acceptors (Lipinski definition) is 6. The van der Waals surface area contributed by atoms with Crippen LogP contribution in [0.1, 0.15) is 17.7 Å². The molecule has 0 fully saturated rings. The smallest absolute Gasteiger partial charge is 0.426 e. The molecule has 0 spiro atoms. The highest BCUT2D eigenvalue weighted by Gasteiger charge is 2.25. The Morgan fingerprint density at radius 2 is 2.08 bits per heavy atom. The maximum Gasteiger partial charge on any atom is 0.475 e. The van der Waals surface area contributed by atoms with Crippen LogP contribution in [-0.2, 0) is 17.6 Å². The Morgan fingerprint density at radius 3 is 2.77 bits per heavy atom. The lowest BCUT2D eigenvalue weighted by Gasteiger charge is -2.17. The van der Waals surface area contributed by atoms with E-state index in [9.17, 15) is 14.8 Å². The van der Waals surface area contributed by atoms with Crippen molar-refractivity contribution in [2.24, 2.45) is 0 Å². The number of para-hydroxylation sites is 1. The van der Waals surface area contributed by atoms with Crippen molar-refractivity contribution in [3.63, 3.8) is 0 Å². The minimum absolute atomic E-state index is 0.195. The van der Waals surface area contributed by atoms with Gasteiger partial charge >= 0.3 is 7.12 Å². The summed E-state index contributed by atoms with van der Waals surface area (Å²) in [5.74, 6) is -0.996. The van der Waals surface area contributed by atoms with Gasteiger partial charge in [-0.25, -0.2) is 4.68 Å². The second-order valence-electron chi connectivity index (χ2n) is 5.91. The lowest BCUT2D eigenvalue weighted by molar-refractivity contribution is -0.121. The molecule has 0 saturated heterocycles. The van der Waals surface area contributed by atoms with Crippen LogP contribution in [0.2, 0.25) is 0 Å². The third-order valence-electron chi connectivity index (χ3n) is 3.91. The fourth-order valence-electron chi connectivity index (χ4n) is 2.53. The van der Waals surface area contributed by atoms with Crippen LogP contribution in [0.3, 0.4) is 0 Å². The number of carbonyl (C=O) groups is 1. The van der Waals surface area contributed by atoms with Gasteiger partial charge in [0.1, 0.15) is 0 Å². The van der Waals surface area contributed by atoms with Crippen molar-refractivity contribution >= 4 is 24.4 Å². The molecule has 134 valence electrons. The normalized spacial score (nSPS) is 11.9. The van der Waals surface area contributed by atoms with E-state index >= 15 is 0 Å². The van der Waals surface area contributed by atoms with Crippen LogP contribution >= 0.6 is 11.3 Å². The van der Waals surface area contributed by atoms with Crippen molar-refractivity contribution in [2.45, 2.75) is 25.2 Å². The molecule has 3 aromatic rings. The van der Waals surface area contributed by atoms with Crippen LogP contribution in [-0.4, -0.2) is 44.0 Å². The number of aromatic nitrogens is 3. The van der Waals surface area contributed by atoms with Gasteiger partial charge in [0.05, 0.1) is 23.5 Å². The second-order valence-corrected chi connectivity index (χ2v) is 6.69. The molecular weight excluding hydrogens is 351 g/mol. The van der Waals surface area contributed by atoms with Gasteiger partial charge in [0.2, 0.25) is 5.91 Å². The third-order valence-corrected chi connectivity index (χ3v) is 4.64. The van der Waals surface area contributed by atoms with Gasteiger partial charge in [0.15, 0.2) is 0 Å². The SMILES string of the molecule is O=C(CCc1cn(-c2ccccc2)nn1)N[C@@H](Cc1ccsc1)B(O)O. The molecule has 2 aromatic heterocycles. The first kappa shape index (κ1) is 18.3. The summed E-state index contributed by atoms with van der Waals surface area (Å²) in [6, 6.07) is 11.5. The Hall–Kier alpha value is -2.49. The van der Waals surface area contributed by atoms with Crippen LogP contribution in [0.5, 0.6) is 0 Å². The molecule has 3 N–H and O–H groups in total. The highest BCUT2D eigenvalue weighted by atomic mass is 32.1. The summed E-state index contributed by atoms with van der Waals surface area (Å²) < 4.78 is 1.66. The third kappa shape index (κ3) is 5.01. The van der Waals surface area contributed by atoms with Gasteiger partial charge in [-0.1, -0.05) is 23.4 Å². The van der Waals surface area contributed by atoms with E-state index < -0.39 is 13.1 Å². The highest BCUT2D eigenvalue weighted by Crippen LogP contribution is 2.10. The van der Waals surface area contributed by atoms with Gasteiger partial charge in [0.25, 0.3) is 0 Å². The number of carbonyl (C=O) groups excluding carboxylic acids is 1. The first-order chi connectivity index (χ1) is 12.6. The highest BCUT2D eigenvalue weighted by molar-refractivity contribution is 7.07. The summed E-state index contributed by atoms with van der Waals surface area (Å²) in [4.78, 5) is 12.2. The molecule has 26 heavy (non-hydrogen) atoms. The fraction of sp³-hybridized carbons (Fsp3) is 0.235. The van der Waals surface area contributed by atoms with Crippen LogP contribution in [0.4, 0.5) is 0 Å². The maximum absolute atomic E-state index is 12.2. The molecule has 0 aliphatic carbocycles. The van der Waals surface area contributed by atoms with E-state index in [0.29, 0.717) is 18.5 Å². The first-order valence-electron chi connectivity index (χ1n) is 8.25. The van der Waals surface area contributed by atoms with Crippen LogP contribution < -0.4 is 5.32 Å². The van der Waals surface area contributed by atoms with E-state index in [1.165, 1.54) is 11.3 Å². The Labute approximate surface area is 155 Å². The number of nitrogens with zero attached hydrogens (tertiary/aromatic N) is 3. The molecule has 2 heterocycles. The molecule has 0 aliphatic heterocycles. The number of aryl methyl sites for hydroxylation is 1. The van der Waals surface area contributed by atoms with Gasteiger partial charge < -0.3 is 15.4 Å². The number of thiophene rings is 1. The summed E-state index contributed by atoms with van der Waals surface area (Å²) in [6.45, 7) is 0. The standard InChI is InChI=1S/C17H19BN4O3S/c23-17(19-16(18(24)25)10-13-8-9-26-12-13)7-6-14-11-22(21-20-14)15-4-2-1-3-5-15/h1-5,8-9,11-12,16,24-25H,6-7,10H2,(H,19,23)/t16-/m0/s1. The molecule has 7 nitrogen and oxygen atoms in total. The summed E-state index contributed by atoms with van der Waals surface area (Å²) in [5.41, 5.74) is 2.55. The van der Waals surface area contributed by atoms with Crippen LogP contribution in [0.25, 0.3) is 5.69 Å². The monoisotopic (exact) mass is 370 g/mol. The summed E-state index contributed by atoms with van der Waals surface area (Å²) in [6.07, 6.45) is 2.77. The maximum atomic E-state index is 12.2. The Kier molecular flexibility index (Phi) is 6.16. The zero-order valence-electron chi connectivity index (χ0n) is 14.0. The molecule has 0 bridgehead atoms. The Bertz CT molecular complexity index is 824. The molecule has 0 unspecified atom stereocenters. The number of rotatable bonds is 8. The van der Waals surface area contributed by atoms with Crippen molar-refractivity contribution in [3.8, 4) is 5.69 Å². The van der Waals surface area contributed by atoms with Crippen molar-refractivity contribution in [1.29, 1.82) is 0 Å². The molecule has 1 aromatic carbocycles. The zero-order chi connectivity index (χ0) is 18.4. The molecule has 1 atom stereocenters. The van der Waals surface area contributed by atoms with Crippen molar-refractivity contribution < 1.29 is 14.8 Å². The molecule has 0 saturated carbocycles. The van der Waals surface area contributed by atoms with Crippen molar-refractivity contribution in [1.82, 2.24) is 20.3 Å². The molecule has 3 rings (SSSR count). The van der Waals surface area contributed by atoms with Crippen LogP contribution in [0, 0.1) is 0 Å². The summed E-state index contributed by atoms with van der Waals surface area (Å²) in [7, 11) is -1.61. The Morgan fingerprint density at radius 1 is 1.27 bits per heavy atom. The zero-order valence-corrected chi connectivity index (χ0v) is 14.8. The van der Waals surface area contributed by atoms with Crippen LogP contribution in [0.15, 0.2) is 53.4 Å². The number of hydrogen-bond donors (Lipinski definition) is 3. The molecule has 0 aliphatic rings. The molecular formula is C17H19BN4O3S. The van der Waals surface area contributed by atoms with Crippen molar-refractivity contribution in [3.05, 3.63) is 64.6 Å². The Balaban J connectivity index is 1.52. The van der Waals surface area contributed by atoms with E-state index in [0.717, 1.165) is 11.3 Å². The first-order valence-corrected chi connectivity index (χ1v) is 9.19. The average Bonchev–Trinajstić information content (AvgIpc) is 3.32. The lowest BCUT2D eigenvalue weighted by atomic mass is 9.76. The molecule has 9 heteroatoms. The van der Waals surface area contributed by atoms with E-state index in [1.54, 1.807) is 10.9 Å². The van der Waals surface area contributed by atoms with E-state index in [4.69, 9.17) is 0 Å². The van der Waals surface area contributed by atoms with Gasteiger partial charge in [-0.2, -0.15) is 11.3 Å². The second kappa shape index (κ2) is 8.75. The predicted molar refractivity (Wildman–Crippen MR) is 99.8 cm³/mol. The topological polar surface area (TPSA) is 100 Å². The minimum Gasteiger partial charge on any atom is -0.426 e. The quantitative estimate of drug-likeness (QED) is 0.514. The van der Waals surface area contributed by atoms with E-state index in [2.05, 4.69) is 15.6 Å². The largest absolute Gasteiger partial charge is 0.475 e. The van der Waals surface area contributed by atoms with Gasteiger partial charge in [-0.3, -0.25) is 4.79 Å². The predicted octanol–water partition coefficient (Wildman–Crippen LogP) is 1.00. The van der Waals surface area contributed by atoms with E-state index in [1.807, 2.05) is 47.2 Å². The number of benzene rings is 1. The van der Waals surface area contributed by atoms with Crippen molar-refractivity contribution in [2.75, 3.05) is 0 Å². The summed E-state index contributed by atoms with van der Waals surface area (Å²) >= 11 is 1.53.